The van der Waals surface area contributed by atoms with Crippen molar-refractivity contribution in [3.8, 4) is 0 Å². The van der Waals surface area contributed by atoms with Crippen molar-refractivity contribution < 1.29 is 1.43 Å². The molecule has 0 unspecified atom stereocenters. The van der Waals surface area contributed by atoms with E-state index in [-0.39, 0.29) is 27.5 Å². The van der Waals surface area contributed by atoms with Gasteiger partial charge in [0.05, 0.1) is 0 Å². The zero-order chi connectivity index (χ0) is 25.7. The number of benzene rings is 2. The normalized spacial score (nSPS) is 12.1. The van der Waals surface area contributed by atoms with Crippen LogP contribution in [0.1, 0.15) is 130 Å². The average Bonchev–Trinajstić information content (AvgIpc) is 2.72. The largest absolute Gasteiger partial charge is 0.684 e. The molecule has 0 saturated carbocycles. The molecule has 2 aromatic rings. The Morgan fingerprint density at radius 3 is 0.971 bits per heavy atom. The SMILES string of the molecule is CC(C)c1cccc(C(C)C)c1[N-]C([N-]c1c(C(C)C)cccc1C(C)C)N(C(C)C)C(C)C.[Ga].[HH]. The first kappa shape index (κ1) is 31.7. The Kier molecular flexibility index (Phi) is 12.5. The van der Waals surface area contributed by atoms with E-state index in [9.17, 15) is 0 Å². The van der Waals surface area contributed by atoms with Gasteiger partial charge in [-0.25, -0.2) is 0 Å². The second kappa shape index (κ2) is 13.8. The van der Waals surface area contributed by atoms with E-state index < -0.39 is 0 Å². The van der Waals surface area contributed by atoms with Gasteiger partial charge >= 0.3 is 0 Å². The van der Waals surface area contributed by atoms with Gasteiger partial charge < -0.3 is 15.5 Å². The summed E-state index contributed by atoms with van der Waals surface area (Å²) >= 11 is 0. The Hall–Kier alpha value is -1.36. The topological polar surface area (TPSA) is 31.4 Å². The zero-order valence-electron chi connectivity index (χ0n) is 24.4. The summed E-state index contributed by atoms with van der Waals surface area (Å²) in [6.07, 6.45) is -0.283. The van der Waals surface area contributed by atoms with E-state index in [0.29, 0.717) is 35.8 Å². The molecule has 0 atom stereocenters. The monoisotopic (exact) mass is 534 g/mol. The molecule has 0 N–H and O–H groups in total. The average molecular weight is 535 g/mol. The van der Waals surface area contributed by atoms with Gasteiger partial charge in [-0.1, -0.05) is 114 Å². The molecule has 0 bridgehead atoms. The molecule has 0 spiro atoms. The van der Waals surface area contributed by atoms with Gasteiger partial charge in [-0.15, -0.1) is 17.7 Å². The van der Waals surface area contributed by atoms with Crippen LogP contribution in [0.25, 0.3) is 10.6 Å². The van der Waals surface area contributed by atoms with E-state index in [4.69, 9.17) is 10.6 Å². The van der Waals surface area contributed by atoms with E-state index >= 15 is 0 Å². The van der Waals surface area contributed by atoms with Crippen LogP contribution in [0, 0.1) is 0 Å². The summed E-state index contributed by atoms with van der Waals surface area (Å²) < 4.78 is 0. The molecule has 0 heterocycles. The maximum atomic E-state index is 5.50. The molecule has 0 aliphatic heterocycles. The van der Waals surface area contributed by atoms with Gasteiger partial charge in [0, 0.05) is 33.3 Å². The Balaban J connectivity index is 0.00000612. The van der Waals surface area contributed by atoms with Gasteiger partial charge in [-0.05, 0) is 51.4 Å². The molecule has 0 saturated heterocycles. The van der Waals surface area contributed by atoms with Gasteiger partial charge in [-0.3, -0.25) is 0 Å². The summed E-state index contributed by atoms with van der Waals surface area (Å²) in [7, 11) is 0. The van der Waals surface area contributed by atoms with Crippen molar-refractivity contribution in [2.45, 2.75) is 125 Å². The van der Waals surface area contributed by atoms with Gasteiger partial charge in [0.15, 0.2) is 0 Å². The number of rotatable bonds is 11. The quantitative estimate of drug-likeness (QED) is 0.264. The number of para-hydroxylation sites is 2. The summed E-state index contributed by atoms with van der Waals surface area (Å²) in [6, 6.07) is 14.0. The molecule has 3 nitrogen and oxygen atoms in total. The molecule has 0 fully saturated rings. The minimum Gasteiger partial charge on any atom is -0.684 e. The third kappa shape index (κ3) is 7.81. The van der Waals surface area contributed by atoms with Gasteiger partial charge in [0.25, 0.3) is 0 Å². The van der Waals surface area contributed by atoms with Crippen LogP contribution in [0.5, 0.6) is 0 Å². The fourth-order valence-corrected chi connectivity index (χ4v) is 4.84. The molecular weight excluding hydrogens is 484 g/mol. The van der Waals surface area contributed by atoms with Crippen LogP contribution in [0.3, 0.4) is 0 Å². The van der Waals surface area contributed by atoms with Crippen LogP contribution in [0.15, 0.2) is 36.4 Å². The summed E-state index contributed by atoms with van der Waals surface area (Å²) in [5.74, 6) is 1.61. The second-order valence-corrected chi connectivity index (χ2v) is 11.4. The van der Waals surface area contributed by atoms with Crippen LogP contribution >= 0.6 is 0 Å². The zero-order valence-corrected chi connectivity index (χ0v) is 26.8. The van der Waals surface area contributed by atoms with Crippen molar-refractivity contribution in [3.05, 3.63) is 69.3 Å². The van der Waals surface area contributed by atoms with Crippen molar-refractivity contribution in [1.82, 2.24) is 4.90 Å². The van der Waals surface area contributed by atoms with Crippen LogP contribution in [0.2, 0.25) is 0 Å². The van der Waals surface area contributed by atoms with E-state index in [2.05, 4.69) is 124 Å². The van der Waals surface area contributed by atoms with E-state index in [1.165, 1.54) is 22.3 Å². The standard InChI is InChI=1S/C31H49N3.Ga.H2/c1-19(2)25-15-13-16-26(20(3)4)29(25)32-31(34(23(9)10)24(11)12)33-30-27(21(5)6)17-14-18-28(30)22(7)8;;/h13-24,31H,1-12H3;;1H/q-2;;. The van der Waals surface area contributed by atoms with Crippen molar-refractivity contribution in [3.63, 3.8) is 0 Å². The first-order valence-electron chi connectivity index (χ1n) is 13.3. The third-order valence-electron chi connectivity index (χ3n) is 6.63. The fourth-order valence-electron chi connectivity index (χ4n) is 4.84. The molecule has 195 valence electrons. The Bertz CT molecular complexity index is 796. The summed E-state index contributed by atoms with van der Waals surface area (Å²) in [6.45, 7) is 27.1. The van der Waals surface area contributed by atoms with Crippen LogP contribution in [-0.4, -0.2) is 43.1 Å². The molecule has 4 heteroatoms. The van der Waals surface area contributed by atoms with Crippen molar-refractivity contribution in [2.24, 2.45) is 0 Å². The number of hydrogen-bond donors (Lipinski definition) is 0. The molecule has 0 aromatic heterocycles. The maximum absolute atomic E-state index is 5.50. The Labute approximate surface area is 231 Å². The van der Waals surface area contributed by atoms with Crippen molar-refractivity contribution in [2.75, 3.05) is 0 Å². The summed E-state index contributed by atoms with van der Waals surface area (Å²) in [4.78, 5) is 2.45. The predicted octanol–water partition coefficient (Wildman–Crippen LogP) is 10.2. The maximum Gasteiger partial charge on any atom is 0.00114 e. The number of nitrogens with zero attached hydrogens (tertiary/aromatic N) is 3. The van der Waals surface area contributed by atoms with Crippen LogP contribution < -0.4 is 0 Å². The van der Waals surface area contributed by atoms with Crippen LogP contribution in [0.4, 0.5) is 11.4 Å². The first-order valence-corrected chi connectivity index (χ1v) is 13.3. The minimum atomic E-state index is -0.283. The molecule has 2 aromatic carbocycles. The fraction of sp³-hybridized carbons (Fsp3) is 0.613. The summed E-state index contributed by atoms with van der Waals surface area (Å²) in [5.41, 5.74) is 7.47. The van der Waals surface area contributed by atoms with Crippen LogP contribution in [-0.2, 0) is 0 Å². The molecule has 0 aliphatic carbocycles. The number of hydrogen-bond acceptors (Lipinski definition) is 1. The molecular formula is C31H51GaN3-2. The summed E-state index contributed by atoms with van der Waals surface area (Å²) in [5, 5.41) is 11.0. The van der Waals surface area contributed by atoms with E-state index in [0.717, 1.165) is 11.4 Å². The second-order valence-electron chi connectivity index (χ2n) is 11.4. The molecule has 2 rings (SSSR count). The van der Waals surface area contributed by atoms with Gasteiger partial charge in [-0.2, -0.15) is 0 Å². The molecule has 0 aliphatic rings. The van der Waals surface area contributed by atoms with E-state index in [1.54, 1.807) is 0 Å². The molecule has 3 radical (unpaired) electrons. The first-order chi connectivity index (χ1) is 15.9. The molecule has 0 amide bonds. The predicted molar refractivity (Wildman–Crippen MR) is 159 cm³/mol. The Morgan fingerprint density at radius 2 is 0.771 bits per heavy atom. The van der Waals surface area contributed by atoms with Gasteiger partial charge in [0.1, 0.15) is 0 Å². The van der Waals surface area contributed by atoms with Crippen molar-refractivity contribution in [1.29, 1.82) is 0 Å². The minimum absolute atomic E-state index is 0. The smallest absolute Gasteiger partial charge is 0.00114 e. The third-order valence-corrected chi connectivity index (χ3v) is 6.63. The van der Waals surface area contributed by atoms with E-state index in [1.807, 2.05) is 0 Å². The Morgan fingerprint density at radius 1 is 0.514 bits per heavy atom. The molecule has 35 heavy (non-hydrogen) atoms. The van der Waals surface area contributed by atoms with Gasteiger partial charge in [0.2, 0.25) is 0 Å². The van der Waals surface area contributed by atoms with Crippen molar-refractivity contribution >= 4 is 31.2 Å².